The molecule has 0 spiro atoms. The maximum absolute atomic E-state index is 12.2. The van der Waals surface area contributed by atoms with Gasteiger partial charge in [-0.15, -0.1) is 22.7 Å². The first-order chi connectivity index (χ1) is 8.98. The number of ketones is 1. The molecule has 0 N–H and O–H groups in total. The van der Waals surface area contributed by atoms with Crippen LogP contribution in [0.3, 0.4) is 0 Å². The van der Waals surface area contributed by atoms with Crippen molar-refractivity contribution < 1.29 is 4.79 Å². The highest BCUT2D eigenvalue weighted by Gasteiger charge is 2.34. The van der Waals surface area contributed by atoms with Crippen molar-refractivity contribution in [2.24, 2.45) is 5.41 Å². The summed E-state index contributed by atoms with van der Waals surface area (Å²) in [6.45, 7) is 6.45. The van der Waals surface area contributed by atoms with E-state index < -0.39 is 0 Å². The van der Waals surface area contributed by atoms with Gasteiger partial charge in [-0.3, -0.25) is 4.79 Å². The fourth-order valence-corrected chi connectivity index (χ4v) is 4.53. The van der Waals surface area contributed by atoms with Gasteiger partial charge in [0.25, 0.3) is 0 Å². The van der Waals surface area contributed by atoms with E-state index in [1.54, 1.807) is 22.7 Å². The number of carbonyl (C=O) groups excluding carboxylic acids is 1. The second kappa shape index (κ2) is 4.53. The monoisotopic (exact) mass is 291 g/mol. The molecule has 0 unspecified atom stereocenters. The molecule has 19 heavy (non-hydrogen) atoms. The van der Waals surface area contributed by atoms with E-state index in [0.717, 1.165) is 28.4 Å². The minimum atomic E-state index is 0.0550. The molecule has 4 heteroatoms. The number of hydrogen-bond acceptors (Lipinski definition) is 4. The van der Waals surface area contributed by atoms with Gasteiger partial charge in [0, 0.05) is 11.3 Å². The van der Waals surface area contributed by atoms with Crippen LogP contribution in [0, 0.1) is 5.41 Å². The summed E-state index contributed by atoms with van der Waals surface area (Å²) in [5.74, 6) is 0.266. The molecular weight excluding hydrogens is 274 g/mol. The number of thiazole rings is 1. The Hall–Kier alpha value is -1.00. The highest BCUT2D eigenvalue weighted by molar-refractivity contribution is 7.22. The van der Waals surface area contributed by atoms with E-state index in [1.807, 2.05) is 0 Å². The van der Waals surface area contributed by atoms with Crippen LogP contribution < -0.4 is 0 Å². The Morgan fingerprint density at radius 3 is 2.74 bits per heavy atom. The number of Topliss-reactive ketones (excluding diaryl/α,β-unsaturated/α-hetero) is 1. The highest BCUT2D eigenvalue weighted by Crippen LogP contribution is 2.40. The Balaban J connectivity index is 2.01. The molecule has 0 amide bonds. The van der Waals surface area contributed by atoms with E-state index in [-0.39, 0.29) is 11.2 Å². The first kappa shape index (κ1) is 13.0. The lowest BCUT2D eigenvalue weighted by atomic mass is 9.78. The largest absolute Gasteiger partial charge is 0.293 e. The van der Waals surface area contributed by atoms with Gasteiger partial charge in [-0.2, -0.15) is 0 Å². The quantitative estimate of drug-likeness (QED) is 0.810. The Morgan fingerprint density at radius 2 is 2.05 bits per heavy atom. The van der Waals surface area contributed by atoms with E-state index in [2.05, 4.69) is 32.9 Å². The van der Waals surface area contributed by atoms with E-state index in [9.17, 15) is 4.79 Å². The summed E-state index contributed by atoms with van der Waals surface area (Å²) >= 11 is 3.36. The maximum atomic E-state index is 12.2. The van der Waals surface area contributed by atoms with Crippen molar-refractivity contribution in [3.63, 3.8) is 0 Å². The summed E-state index contributed by atoms with van der Waals surface area (Å²) in [7, 11) is 0. The van der Waals surface area contributed by atoms with Crippen LogP contribution in [0.2, 0.25) is 0 Å². The molecule has 0 aromatic carbocycles. The predicted octanol–water partition coefficient (Wildman–Crippen LogP) is 4.59. The first-order valence-electron chi connectivity index (χ1n) is 6.60. The van der Waals surface area contributed by atoms with Gasteiger partial charge >= 0.3 is 0 Å². The molecule has 0 saturated heterocycles. The predicted molar refractivity (Wildman–Crippen MR) is 81.2 cm³/mol. The summed E-state index contributed by atoms with van der Waals surface area (Å²) in [4.78, 5) is 20.4. The number of aromatic nitrogens is 1. The number of aryl methyl sites for hydroxylation is 1. The first-order valence-corrected chi connectivity index (χ1v) is 8.24. The van der Waals surface area contributed by atoms with Crippen molar-refractivity contribution in [3.05, 3.63) is 27.6 Å². The third-order valence-corrected chi connectivity index (χ3v) is 5.99. The van der Waals surface area contributed by atoms with Crippen LogP contribution >= 0.6 is 22.7 Å². The number of rotatable bonds is 2. The van der Waals surface area contributed by atoms with E-state index in [1.165, 1.54) is 9.75 Å². The molecule has 2 nitrogen and oxygen atoms in total. The average Bonchev–Trinajstić information content (AvgIpc) is 2.92. The number of nitrogens with zero attached hydrogens (tertiary/aromatic N) is 1. The Kier molecular flexibility index (Phi) is 3.10. The smallest absolute Gasteiger partial charge is 0.175 e. The number of fused-ring (bicyclic) bond motifs is 1. The van der Waals surface area contributed by atoms with Gasteiger partial charge in [-0.25, -0.2) is 4.98 Å². The maximum Gasteiger partial charge on any atom is 0.175 e. The molecule has 0 bridgehead atoms. The van der Waals surface area contributed by atoms with Gasteiger partial charge in [0.15, 0.2) is 5.78 Å². The Labute approximate surface area is 121 Å². The van der Waals surface area contributed by atoms with E-state index in [4.69, 9.17) is 4.98 Å². The van der Waals surface area contributed by atoms with Crippen LogP contribution in [0.5, 0.6) is 0 Å². The van der Waals surface area contributed by atoms with Crippen molar-refractivity contribution in [2.75, 3.05) is 0 Å². The van der Waals surface area contributed by atoms with Crippen LogP contribution in [0.1, 0.15) is 47.4 Å². The summed E-state index contributed by atoms with van der Waals surface area (Å²) in [5, 5.41) is 1.01. The second-order valence-electron chi connectivity index (χ2n) is 5.86. The topological polar surface area (TPSA) is 30.0 Å². The summed E-state index contributed by atoms with van der Waals surface area (Å²) in [5.41, 5.74) is 1.06. The summed E-state index contributed by atoms with van der Waals surface area (Å²) < 4.78 is 0. The lowest BCUT2D eigenvalue weighted by Gasteiger charge is -2.26. The second-order valence-corrected chi connectivity index (χ2v) is 8.02. The minimum Gasteiger partial charge on any atom is -0.293 e. The molecule has 0 saturated carbocycles. The molecule has 1 aliphatic carbocycles. The van der Waals surface area contributed by atoms with E-state index >= 15 is 0 Å². The van der Waals surface area contributed by atoms with Crippen molar-refractivity contribution in [2.45, 2.75) is 40.0 Å². The fourth-order valence-electron chi connectivity index (χ4n) is 2.51. The van der Waals surface area contributed by atoms with Crippen LogP contribution in [0.15, 0.2) is 12.1 Å². The molecule has 2 aromatic heterocycles. The van der Waals surface area contributed by atoms with Gasteiger partial charge in [-0.05, 0) is 30.4 Å². The van der Waals surface area contributed by atoms with Crippen LogP contribution in [0.4, 0.5) is 0 Å². The average molecular weight is 291 g/mol. The zero-order chi connectivity index (χ0) is 13.6. The molecule has 0 atom stereocenters. The number of thiophene rings is 1. The van der Waals surface area contributed by atoms with Crippen LogP contribution in [0.25, 0.3) is 9.88 Å². The van der Waals surface area contributed by atoms with Gasteiger partial charge in [0.05, 0.1) is 15.4 Å². The normalized spacial score (nSPS) is 17.5. The lowest BCUT2D eigenvalue weighted by molar-refractivity contribution is 0.0916. The molecule has 1 aliphatic rings. The molecule has 0 radical (unpaired) electrons. The summed E-state index contributed by atoms with van der Waals surface area (Å²) in [6.07, 6.45) is 2.62. The number of carbonyl (C=O) groups is 1. The van der Waals surface area contributed by atoms with Crippen molar-refractivity contribution >= 4 is 28.5 Å². The van der Waals surface area contributed by atoms with Crippen LogP contribution in [-0.2, 0) is 12.8 Å². The van der Waals surface area contributed by atoms with E-state index in [0.29, 0.717) is 6.42 Å². The lowest BCUT2D eigenvalue weighted by Crippen LogP contribution is -2.25. The van der Waals surface area contributed by atoms with Gasteiger partial charge in [0.1, 0.15) is 5.01 Å². The molecule has 2 heterocycles. The van der Waals surface area contributed by atoms with Gasteiger partial charge in [-0.1, -0.05) is 20.8 Å². The molecular formula is C15H17NOS2. The summed E-state index contributed by atoms with van der Waals surface area (Å²) in [6, 6.07) is 4.29. The molecule has 0 fully saturated rings. The third kappa shape index (κ3) is 2.39. The van der Waals surface area contributed by atoms with Gasteiger partial charge in [0.2, 0.25) is 0 Å². The zero-order valence-corrected chi connectivity index (χ0v) is 13.1. The molecule has 100 valence electrons. The highest BCUT2D eigenvalue weighted by atomic mass is 32.1. The standard InChI is InChI=1S/C15H17NOS2/c1-4-9-5-6-12(18-9)14-16-10-7-15(2,3)8-11(17)13(10)19-14/h5-6H,4,7-8H2,1-3H3. The van der Waals surface area contributed by atoms with Crippen molar-refractivity contribution in [1.82, 2.24) is 4.98 Å². The zero-order valence-electron chi connectivity index (χ0n) is 11.4. The third-order valence-electron chi connectivity index (χ3n) is 3.46. The SMILES string of the molecule is CCc1ccc(-c2nc3c(s2)C(=O)CC(C)(C)C3)s1. The van der Waals surface area contributed by atoms with Crippen molar-refractivity contribution in [1.29, 1.82) is 0 Å². The molecule has 0 aliphatic heterocycles. The molecule has 3 rings (SSSR count). The molecule has 2 aromatic rings. The minimum absolute atomic E-state index is 0.0550. The van der Waals surface area contributed by atoms with Gasteiger partial charge < -0.3 is 0 Å². The number of hydrogen-bond donors (Lipinski definition) is 0. The van der Waals surface area contributed by atoms with Crippen molar-refractivity contribution in [3.8, 4) is 9.88 Å². The Bertz CT molecular complexity index is 636. The van der Waals surface area contributed by atoms with Crippen LogP contribution in [-0.4, -0.2) is 10.8 Å². The Morgan fingerprint density at radius 1 is 1.26 bits per heavy atom. The fraction of sp³-hybridized carbons (Fsp3) is 0.467.